The molecule has 26 heavy (non-hydrogen) atoms. The van der Waals surface area contributed by atoms with Crippen LogP contribution in [0.25, 0.3) is 10.9 Å². The Morgan fingerprint density at radius 3 is 2.88 bits per heavy atom. The van der Waals surface area contributed by atoms with E-state index in [2.05, 4.69) is 34.7 Å². The predicted molar refractivity (Wildman–Crippen MR) is 101 cm³/mol. The molecular formula is C19H24N6O. The van der Waals surface area contributed by atoms with Crippen LogP contribution < -0.4 is 10.6 Å². The minimum absolute atomic E-state index is 0.0412. The summed E-state index contributed by atoms with van der Waals surface area (Å²) >= 11 is 0. The zero-order chi connectivity index (χ0) is 18.3. The maximum atomic E-state index is 12.9. The van der Waals surface area contributed by atoms with E-state index < -0.39 is 0 Å². The van der Waals surface area contributed by atoms with Gasteiger partial charge in [0.25, 0.3) is 0 Å². The molecule has 2 N–H and O–H groups in total. The number of nitrogens with zero attached hydrogens (tertiary/aromatic N) is 4. The predicted octanol–water partition coefficient (Wildman–Crippen LogP) is 2.29. The Morgan fingerprint density at radius 1 is 1.31 bits per heavy atom. The van der Waals surface area contributed by atoms with Gasteiger partial charge < -0.3 is 10.6 Å². The molecule has 7 heteroatoms. The average Bonchev–Trinajstić information content (AvgIpc) is 3.32. The lowest BCUT2D eigenvalue weighted by Gasteiger charge is -2.17. The molecule has 1 amide bonds. The van der Waals surface area contributed by atoms with Crippen LogP contribution in [0, 0.1) is 5.92 Å². The number of aromatic nitrogens is 4. The summed E-state index contributed by atoms with van der Waals surface area (Å²) in [6.45, 7) is 5.67. The zero-order valence-corrected chi connectivity index (χ0v) is 15.3. The number of carbonyl (C=O) groups is 1. The van der Waals surface area contributed by atoms with E-state index in [1.807, 2.05) is 48.5 Å². The van der Waals surface area contributed by atoms with Gasteiger partial charge in [0.15, 0.2) is 0 Å². The summed E-state index contributed by atoms with van der Waals surface area (Å²) in [5.41, 5.74) is 2.85. The highest BCUT2D eigenvalue weighted by Crippen LogP contribution is 2.29. The zero-order valence-electron chi connectivity index (χ0n) is 15.3. The number of fused-ring (bicyclic) bond motifs is 1. The lowest BCUT2D eigenvalue weighted by atomic mass is 9.90. The van der Waals surface area contributed by atoms with E-state index in [1.54, 1.807) is 4.68 Å². The third-order valence-electron chi connectivity index (χ3n) is 5.02. The Morgan fingerprint density at radius 2 is 2.15 bits per heavy atom. The third kappa shape index (κ3) is 3.10. The van der Waals surface area contributed by atoms with Gasteiger partial charge in [-0.3, -0.25) is 14.2 Å². The van der Waals surface area contributed by atoms with Crippen molar-refractivity contribution < 1.29 is 4.79 Å². The highest BCUT2D eigenvalue weighted by atomic mass is 16.2. The molecule has 0 spiro atoms. The number of aryl methyl sites for hydroxylation is 1. The highest BCUT2D eigenvalue weighted by molar-refractivity contribution is 5.95. The quantitative estimate of drug-likeness (QED) is 0.755. The Kier molecular flexibility index (Phi) is 4.24. The van der Waals surface area contributed by atoms with Gasteiger partial charge in [-0.25, -0.2) is 0 Å². The minimum atomic E-state index is -0.103. The van der Waals surface area contributed by atoms with E-state index in [9.17, 15) is 4.79 Å². The van der Waals surface area contributed by atoms with E-state index in [1.165, 1.54) is 0 Å². The molecule has 4 rings (SSSR count). The first-order valence-electron chi connectivity index (χ1n) is 9.00. The molecule has 0 saturated carbocycles. The number of amides is 1. The van der Waals surface area contributed by atoms with Crippen LogP contribution in [0.2, 0.25) is 0 Å². The van der Waals surface area contributed by atoms with E-state index in [0.717, 1.165) is 28.7 Å². The fourth-order valence-electron chi connectivity index (χ4n) is 3.56. The SMILES string of the molecule is CC(C)n1cc2cc(NC(=O)[C@H]3CNC[C@@H]3c3cnn(C)c3)ccc2n1. The van der Waals surface area contributed by atoms with Crippen molar-refractivity contribution in [3.8, 4) is 0 Å². The monoisotopic (exact) mass is 352 g/mol. The van der Waals surface area contributed by atoms with Gasteiger partial charge in [0, 0.05) is 55.6 Å². The maximum absolute atomic E-state index is 12.9. The summed E-state index contributed by atoms with van der Waals surface area (Å²) in [5.74, 6) is 0.0869. The Hall–Kier alpha value is -2.67. The van der Waals surface area contributed by atoms with Crippen LogP contribution in [0.4, 0.5) is 5.69 Å². The van der Waals surface area contributed by atoms with Gasteiger partial charge in [0.1, 0.15) is 0 Å². The van der Waals surface area contributed by atoms with Crippen LogP contribution in [0.5, 0.6) is 0 Å². The second kappa shape index (κ2) is 6.57. The van der Waals surface area contributed by atoms with Crippen LogP contribution in [-0.2, 0) is 11.8 Å². The maximum Gasteiger partial charge on any atom is 0.229 e. The number of hydrogen-bond donors (Lipinski definition) is 2. The molecule has 1 aliphatic heterocycles. The fourth-order valence-corrected chi connectivity index (χ4v) is 3.56. The molecule has 0 aliphatic carbocycles. The van der Waals surface area contributed by atoms with Gasteiger partial charge in [0.05, 0.1) is 17.6 Å². The van der Waals surface area contributed by atoms with Crippen LogP contribution in [-0.4, -0.2) is 38.6 Å². The van der Waals surface area contributed by atoms with Crippen LogP contribution in [0.3, 0.4) is 0 Å². The van der Waals surface area contributed by atoms with Gasteiger partial charge >= 0.3 is 0 Å². The molecule has 2 atom stereocenters. The van der Waals surface area contributed by atoms with Gasteiger partial charge in [-0.05, 0) is 37.6 Å². The largest absolute Gasteiger partial charge is 0.326 e. The van der Waals surface area contributed by atoms with Gasteiger partial charge in [-0.15, -0.1) is 0 Å². The summed E-state index contributed by atoms with van der Waals surface area (Å²) in [5, 5.41) is 16.2. The third-order valence-corrected chi connectivity index (χ3v) is 5.02. The number of rotatable bonds is 4. The number of anilines is 1. The van der Waals surface area contributed by atoms with E-state index in [4.69, 9.17) is 0 Å². The van der Waals surface area contributed by atoms with Gasteiger partial charge in [-0.2, -0.15) is 10.2 Å². The molecule has 0 unspecified atom stereocenters. The van der Waals surface area contributed by atoms with E-state index >= 15 is 0 Å². The van der Waals surface area contributed by atoms with Crippen molar-refractivity contribution in [3.05, 3.63) is 42.4 Å². The molecule has 3 heterocycles. The van der Waals surface area contributed by atoms with Crippen molar-refractivity contribution in [1.82, 2.24) is 24.9 Å². The Balaban J connectivity index is 1.52. The molecule has 1 saturated heterocycles. The molecular weight excluding hydrogens is 328 g/mol. The Bertz CT molecular complexity index is 941. The summed E-state index contributed by atoms with van der Waals surface area (Å²) in [7, 11) is 1.90. The van der Waals surface area contributed by atoms with Gasteiger partial charge in [0.2, 0.25) is 5.91 Å². The second-order valence-corrected chi connectivity index (χ2v) is 7.28. The van der Waals surface area contributed by atoms with Crippen LogP contribution >= 0.6 is 0 Å². The summed E-state index contributed by atoms with van der Waals surface area (Å²) in [6, 6.07) is 6.17. The summed E-state index contributed by atoms with van der Waals surface area (Å²) in [6.07, 6.45) is 5.86. The van der Waals surface area contributed by atoms with Crippen molar-refractivity contribution in [3.63, 3.8) is 0 Å². The first-order chi connectivity index (χ1) is 12.5. The standard InChI is InChI=1S/C19H24N6O/c1-12(2)25-11-13-6-15(4-5-18(13)23-25)22-19(26)17-9-20-8-16(17)14-7-21-24(3)10-14/h4-7,10-12,16-17,20H,8-9H2,1-3H3,(H,22,26)/t16-,17+/m1/s1. The van der Waals surface area contributed by atoms with E-state index in [-0.39, 0.29) is 17.7 Å². The van der Waals surface area contributed by atoms with Crippen molar-refractivity contribution in [1.29, 1.82) is 0 Å². The van der Waals surface area contributed by atoms with Crippen LogP contribution in [0.15, 0.2) is 36.8 Å². The van der Waals surface area contributed by atoms with Crippen molar-refractivity contribution in [2.24, 2.45) is 13.0 Å². The first-order valence-corrected chi connectivity index (χ1v) is 9.00. The molecule has 3 aromatic rings. The first kappa shape index (κ1) is 16.8. The molecule has 0 bridgehead atoms. The molecule has 1 fully saturated rings. The minimum Gasteiger partial charge on any atom is -0.326 e. The molecule has 1 aromatic carbocycles. The average molecular weight is 352 g/mol. The lowest BCUT2D eigenvalue weighted by Crippen LogP contribution is -2.28. The normalized spacial score (nSPS) is 20.2. The smallest absolute Gasteiger partial charge is 0.229 e. The van der Waals surface area contributed by atoms with Crippen LogP contribution in [0.1, 0.15) is 31.4 Å². The number of benzene rings is 1. The van der Waals surface area contributed by atoms with Crippen molar-refractivity contribution in [2.45, 2.75) is 25.8 Å². The fraction of sp³-hybridized carbons (Fsp3) is 0.421. The molecule has 2 aromatic heterocycles. The van der Waals surface area contributed by atoms with E-state index in [0.29, 0.717) is 12.6 Å². The molecule has 0 radical (unpaired) electrons. The topological polar surface area (TPSA) is 76.8 Å². The summed E-state index contributed by atoms with van der Waals surface area (Å²) < 4.78 is 3.72. The number of nitrogens with one attached hydrogen (secondary N) is 2. The van der Waals surface area contributed by atoms with Crippen molar-refractivity contribution in [2.75, 3.05) is 18.4 Å². The molecule has 7 nitrogen and oxygen atoms in total. The lowest BCUT2D eigenvalue weighted by molar-refractivity contribution is -0.119. The Labute approximate surface area is 152 Å². The van der Waals surface area contributed by atoms with Gasteiger partial charge in [-0.1, -0.05) is 0 Å². The number of carbonyl (C=O) groups excluding carboxylic acids is 1. The highest BCUT2D eigenvalue weighted by Gasteiger charge is 2.34. The number of hydrogen-bond acceptors (Lipinski definition) is 4. The summed E-state index contributed by atoms with van der Waals surface area (Å²) in [4.78, 5) is 12.9. The van der Waals surface area contributed by atoms with Crippen molar-refractivity contribution >= 4 is 22.5 Å². The second-order valence-electron chi connectivity index (χ2n) is 7.28. The molecule has 136 valence electrons. The molecule has 1 aliphatic rings.